The molecule has 0 amide bonds. The maximum atomic E-state index is 4.47. The zero-order valence-corrected chi connectivity index (χ0v) is 15.1. The molecule has 1 aromatic heterocycles. The summed E-state index contributed by atoms with van der Waals surface area (Å²) in [6.45, 7) is 4.79. The number of aryl methyl sites for hydroxylation is 2. The van der Waals surface area contributed by atoms with Crippen molar-refractivity contribution < 1.29 is 0 Å². The second kappa shape index (κ2) is 7.40. The van der Waals surface area contributed by atoms with Crippen LogP contribution in [0.25, 0.3) is 0 Å². The average Bonchev–Trinajstić information content (AvgIpc) is 2.57. The molecule has 0 atom stereocenters. The number of benzene rings is 2. The van der Waals surface area contributed by atoms with Crippen molar-refractivity contribution in [3.05, 3.63) is 69.8 Å². The Labute approximate surface area is 149 Å². The van der Waals surface area contributed by atoms with Crippen LogP contribution in [0.4, 0.5) is 17.5 Å². The quantitative estimate of drug-likeness (QED) is 0.673. The summed E-state index contributed by atoms with van der Waals surface area (Å²) in [5.41, 5.74) is 4.56. The van der Waals surface area contributed by atoms with Gasteiger partial charge in [-0.15, -0.1) is 5.10 Å². The fourth-order valence-electron chi connectivity index (χ4n) is 2.33. The molecule has 3 rings (SSSR count). The lowest BCUT2D eigenvalue weighted by atomic mass is 10.1. The van der Waals surface area contributed by atoms with Gasteiger partial charge < -0.3 is 10.6 Å². The van der Waals surface area contributed by atoms with Crippen LogP contribution in [0.2, 0.25) is 0 Å². The standard InChI is InChI=1S/C18H18BrN5/c1-12-5-3-4-6-14(12)10-20-18-23-17(11-21-24-18)22-16-8-7-15(19)9-13(16)2/h3-9,11H,10H2,1-2H3,(H2,20,22,23,24). The van der Waals surface area contributed by atoms with Gasteiger partial charge in [0, 0.05) is 16.7 Å². The Morgan fingerprint density at radius 1 is 1.04 bits per heavy atom. The molecular formula is C18H18BrN5. The zero-order valence-electron chi connectivity index (χ0n) is 13.5. The summed E-state index contributed by atoms with van der Waals surface area (Å²) in [6.07, 6.45) is 1.61. The van der Waals surface area contributed by atoms with E-state index < -0.39 is 0 Å². The van der Waals surface area contributed by atoms with Crippen molar-refractivity contribution in [2.45, 2.75) is 20.4 Å². The van der Waals surface area contributed by atoms with E-state index in [1.54, 1.807) is 6.20 Å². The van der Waals surface area contributed by atoms with Gasteiger partial charge in [-0.2, -0.15) is 10.1 Å². The number of nitrogens with one attached hydrogen (secondary N) is 2. The maximum absolute atomic E-state index is 4.47. The third-order valence-electron chi connectivity index (χ3n) is 3.71. The van der Waals surface area contributed by atoms with Crippen molar-refractivity contribution in [3.63, 3.8) is 0 Å². The molecule has 0 aliphatic heterocycles. The molecule has 0 saturated heterocycles. The first-order valence-electron chi connectivity index (χ1n) is 7.63. The summed E-state index contributed by atoms with van der Waals surface area (Å²) in [7, 11) is 0. The molecule has 0 aliphatic rings. The van der Waals surface area contributed by atoms with Crippen LogP contribution in [-0.2, 0) is 6.54 Å². The fourth-order valence-corrected chi connectivity index (χ4v) is 2.80. The molecule has 6 heteroatoms. The molecule has 3 aromatic rings. The highest BCUT2D eigenvalue weighted by atomic mass is 79.9. The van der Waals surface area contributed by atoms with Gasteiger partial charge in [0.05, 0.1) is 6.20 Å². The van der Waals surface area contributed by atoms with Gasteiger partial charge in [-0.05, 0) is 48.7 Å². The van der Waals surface area contributed by atoms with E-state index in [1.807, 2.05) is 37.3 Å². The summed E-state index contributed by atoms with van der Waals surface area (Å²) in [5, 5.41) is 14.6. The lowest BCUT2D eigenvalue weighted by Gasteiger charge is -2.10. The third kappa shape index (κ3) is 4.08. The minimum atomic E-state index is 0.498. The molecule has 2 aromatic carbocycles. The molecule has 1 heterocycles. The number of hydrogen-bond donors (Lipinski definition) is 2. The van der Waals surface area contributed by atoms with Gasteiger partial charge in [-0.3, -0.25) is 0 Å². The van der Waals surface area contributed by atoms with Crippen LogP contribution in [-0.4, -0.2) is 15.2 Å². The third-order valence-corrected chi connectivity index (χ3v) is 4.20. The zero-order chi connectivity index (χ0) is 16.9. The molecule has 0 radical (unpaired) electrons. The van der Waals surface area contributed by atoms with Crippen LogP contribution in [0.15, 0.2) is 53.1 Å². The van der Waals surface area contributed by atoms with Crippen LogP contribution in [0.3, 0.4) is 0 Å². The Morgan fingerprint density at radius 3 is 2.67 bits per heavy atom. The molecule has 0 saturated carbocycles. The number of anilines is 3. The van der Waals surface area contributed by atoms with E-state index in [2.05, 4.69) is 60.8 Å². The van der Waals surface area contributed by atoms with E-state index >= 15 is 0 Å². The first-order chi connectivity index (χ1) is 11.6. The molecule has 0 unspecified atom stereocenters. The van der Waals surface area contributed by atoms with Crippen LogP contribution in [0, 0.1) is 13.8 Å². The SMILES string of the molecule is Cc1ccccc1CNc1nncc(Nc2ccc(Br)cc2C)n1. The first kappa shape index (κ1) is 16.4. The minimum Gasteiger partial charge on any atom is -0.349 e. The molecule has 0 spiro atoms. The second-order valence-corrected chi connectivity index (χ2v) is 6.45. The van der Waals surface area contributed by atoms with Crippen molar-refractivity contribution in [2.75, 3.05) is 10.6 Å². The van der Waals surface area contributed by atoms with Gasteiger partial charge in [0.25, 0.3) is 0 Å². The predicted molar refractivity (Wildman–Crippen MR) is 100 cm³/mol. The first-order valence-corrected chi connectivity index (χ1v) is 8.42. The van der Waals surface area contributed by atoms with Gasteiger partial charge in [0.1, 0.15) is 0 Å². The number of halogens is 1. The summed E-state index contributed by atoms with van der Waals surface area (Å²) in [5.74, 6) is 1.15. The van der Waals surface area contributed by atoms with Crippen LogP contribution >= 0.6 is 15.9 Å². The molecule has 0 bridgehead atoms. The molecular weight excluding hydrogens is 366 g/mol. The Hall–Kier alpha value is -2.47. The van der Waals surface area contributed by atoms with Crippen molar-refractivity contribution in [2.24, 2.45) is 0 Å². The van der Waals surface area contributed by atoms with Crippen molar-refractivity contribution >= 4 is 33.4 Å². The molecule has 2 N–H and O–H groups in total. The highest BCUT2D eigenvalue weighted by Crippen LogP contribution is 2.23. The predicted octanol–water partition coefficient (Wildman–Crippen LogP) is 4.61. The van der Waals surface area contributed by atoms with Crippen LogP contribution in [0.1, 0.15) is 16.7 Å². The smallest absolute Gasteiger partial charge is 0.244 e. The largest absolute Gasteiger partial charge is 0.349 e. The van der Waals surface area contributed by atoms with E-state index in [-0.39, 0.29) is 0 Å². The topological polar surface area (TPSA) is 62.7 Å². The second-order valence-electron chi connectivity index (χ2n) is 5.53. The summed E-state index contributed by atoms with van der Waals surface area (Å²) in [4.78, 5) is 4.47. The Kier molecular flexibility index (Phi) is 5.05. The lowest BCUT2D eigenvalue weighted by Crippen LogP contribution is -2.07. The highest BCUT2D eigenvalue weighted by Gasteiger charge is 2.04. The number of aromatic nitrogens is 3. The van der Waals surface area contributed by atoms with Crippen molar-refractivity contribution in [1.82, 2.24) is 15.2 Å². The number of nitrogens with zero attached hydrogens (tertiary/aromatic N) is 3. The summed E-state index contributed by atoms with van der Waals surface area (Å²) in [6, 6.07) is 14.3. The highest BCUT2D eigenvalue weighted by molar-refractivity contribution is 9.10. The lowest BCUT2D eigenvalue weighted by molar-refractivity contribution is 0.946. The molecule has 5 nitrogen and oxygen atoms in total. The molecule has 122 valence electrons. The van der Waals surface area contributed by atoms with E-state index in [9.17, 15) is 0 Å². The molecule has 0 aliphatic carbocycles. The average molecular weight is 384 g/mol. The fraction of sp³-hybridized carbons (Fsp3) is 0.167. The van der Waals surface area contributed by atoms with Crippen molar-refractivity contribution in [3.8, 4) is 0 Å². The number of hydrogen-bond acceptors (Lipinski definition) is 5. The van der Waals surface area contributed by atoms with Gasteiger partial charge in [0.2, 0.25) is 5.95 Å². The van der Waals surface area contributed by atoms with Gasteiger partial charge in [-0.1, -0.05) is 40.2 Å². The summed E-state index contributed by atoms with van der Waals surface area (Å²) >= 11 is 3.47. The van der Waals surface area contributed by atoms with Crippen LogP contribution in [0.5, 0.6) is 0 Å². The monoisotopic (exact) mass is 383 g/mol. The van der Waals surface area contributed by atoms with Gasteiger partial charge >= 0.3 is 0 Å². The van der Waals surface area contributed by atoms with E-state index in [4.69, 9.17) is 0 Å². The normalized spacial score (nSPS) is 10.5. The molecule has 0 fully saturated rings. The van der Waals surface area contributed by atoms with E-state index in [1.165, 1.54) is 11.1 Å². The van der Waals surface area contributed by atoms with E-state index in [0.717, 1.165) is 15.7 Å². The Morgan fingerprint density at radius 2 is 1.88 bits per heavy atom. The van der Waals surface area contributed by atoms with Gasteiger partial charge in [0.15, 0.2) is 5.82 Å². The van der Waals surface area contributed by atoms with E-state index in [0.29, 0.717) is 18.3 Å². The number of rotatable bonds is 5. The maximum Gasteiger partial charge on any atom is 0.244 e. The van der Waals surface area contributed by atoms with Gasteiger partial charge in [-0.25, -0.2) is 0 Å². The Bertz CT molecular complexity index is 850. The van der Waals surface area contributed by atoms with Crippen LogP contribution < -0.4 is 10.6 Å². The van der Waals surface area contributed by atoms with Crippen molar-refractivity contribution in [1.29, 1.82) is 0 Å². The Balaban J connectivity index is 1.71. The minimum absolute atomic E-state index is 0.498. The molecule has 24 heavy (non-hydrogen) atoms. The summed E-state index contributed by atoms with van der Waals surface area (Å²) < 4.78 is 1.05.